The van der Waals surface area contributed by atoms with Gasteiger partial charge in [0.25, 0.3) is 5.91 Å². The zero-order valence-electron chi connectivity index (χ0n) is 20.4. The molecular formula is C26H38N4O3. The molecule has 7 nitrogen and oxygen atoms in total. The molecule has 1 N–H and O–H groups in total. The molecule has 1 aromatic carbocycles. The zero-order chi connectivity index (χ0) is 23.8. The zero-order valence-corrected chi connectivity index (χ0v) is 20.4. The van der Waals surface area contributed by atoms with Gasteiger partial charge in [-0.1, -0.05) is 30.3 Å². The molecule has 0 unspecified atom stereocenters. The first kappa shape index (κ1) is 24.8. The number of likely N-dealkylation sites (tertiary alicyclic amines) is 1. The monoisotopic (exact) mass is 454 g/mol. The third-order valence-corrected chi connectivity index (χ3v) is 5.82. The quantitative estimate of drug-likeness (QED) is 0.604. The van der Waals surface area contributed by atoms with Gasteiger partial charge in [-0.3, -0.25) is 4.79 Å². The maximum atomic E-state index is 12.8. The van der Waals surface area contributed by atoms with Crippen molar-refractivity contribution in [1.82, 2.24) is 19.7 Å². The summed E-state index contributed by atoms with van der Waals surface area (Å²) in [7, 11) is 2.10. The second kappa shape index (κ2) is 11.4. The van der Waals surface area contributed by atoms with Crippen LogP contribution in [0.4, 0.5) is 4.79 Å². The summed E-state index contributed by atoms with van der Waals surface area (Å²) < 4.78 is 7.54. The number of ether oxygens (including phenoxy) is 1. The topological polar surface area (TPSA) is 66.8 Å². The first-order valence-electron chi connectivity index (χ1n) is 11.9. The number of rotatable bonds is 8. The Bertz CT molecular complexity index is 896. The number of nitrogens with zero attached hydrogens (tertiary/aromatic N) is 3. The van der Waals surface area contributed by atoms with Crippen LogP contribution in [0.25, 0.3) is 0 Å². The molecule has 0 saturated carbocycles. The molecule has 1 aromatic heterocycles. The lowest BCUT2D eigenvalue weighted by Crippen LogP contribution is -2.42. The number of amides is 2. The predicted octanol–water partition coefficient (Wildman–Crippen LogP) is 4.31. The van der Waals surface area contributed by atoms with Crippen molar-refractivity contribution in [3.05, 3.63) is 59.9 Å². The van der Waals surface area contributed by atoms with Crippen LogP contribution >= 0.6 is 0 Å². The molecule has 0 spiro atoms. The Morgan fingerprint density at radius 1 is 1.09 bits per heavy atom. The number of aromatic nitrogens is 1. The lowest BCUT2D eigenvalue weighted by molar-refractivity contribution is 0.0187. The molecule has 33 heavy (non-hydrogen) atoms. The van der Waals surface area contributed by atoms with Crippen molar-refractivity contribution < 1.29 is 14.3 Å². The standard InChI is InChI=1S/C26H38N4O3/c1-26(2,3)33-25(32)29-18-13-22(14-19-29)30-17-8-12-23(30)24(31)27-15-9-16-28(4)20-21-10-6-5-7-11-21/h5-8,10-12,17,22H,9,13-16,18-20H2,1-4H3,(H,27,31). The lowest BCUT2D eigenvalue weighted by Gasteiger charge is -2.34. The number of hydrogen-bond acceptors (Lipinski definition) is 4. The number of piperidine rings is 1. The minimum Gasteiger partial charge on any atom is -0.444 e. The molecule has 2 aromatic rings. The normalized spacial score (nSPS) is 15.0. The van der Waals surface area contributed by atoms with Gasteiger partial charge in [-0.15, -0.1) is 0 Å². The summed E-state index contributed by atoms with van der Waals surface area (Å²) in [5, 5.41) is 3.07. The Morgan fingerprint density at radius 3 is 2.45 bits per heavy atom. The molecule has 0 aliphatic carbocycles. The van der Waals surface area contributed by atoms with Crippen LogP contribution < -0.4 is 5.32 Å². The van der Waals surface area contributed by atoms with Crippen LogP contribution in [-0.4, -0.2) is 65.2 Å². The van der Waals surface area contributed by atoms with E-state index in [0.29, 0.717) is 25.3 Å². The fourth-order valence-corrected chi connectivity index (χ4v) is 4.17. The van der Waals surface area contributed by atoms with E-state index >= 15 is 0 Å². The summed E-state index contributed by atoms with van der Waals surface area (Å²) in [6, 6.07) is 14.4. The van der Waals surface area contributed by atoms with Crippen molar-refractivity contribution in [3.63, 3.8) is 0 Å². The smallest absolute Gasteiger partial charge is 0.410 e. The highest BCUT2D eigenvalue weighted by Crippen LogP contribution is 2.25. The number of nitrogens with one attached hydrogen (secondary N) is 1. The maximum Gasteiger partial charge on any atom is 0.410 e. The van der Waals surface area contributed by atoms with E-state index in [0.717, 1.165) is 32.4 Å². The van der Waals surface area contributed by atoms with Crippen LogP contribution in [0.3, 0.4) is 0 Å². The highest BCUT2D eigenvalue weighted by molar-refractivity contribution is 5.92. The van der Waals surface area contributed by atoms with Gasteiger partial charge in [0.1, 0.15) is 11.3 Å². The molecule has 7 heteroatoms. The first-order valence-corrected chi connectivity index (χ1v) is 11.9. The molecular weight excluding hydrogens is 416 g/mol. The van der Waals surface area contributed by atoms with Crippen molar-refractivity contribution in [3.8, 4) is 0 Å². The highest BCUT2D eigenvalue weighted by atomic mass is 16.6. The summed E-state index contributed by atoms with van der Waals surface area (Å²) in [5.74, 6) is -0.0414. The molecule has 1 fully saturated rings. The van der Waals surface area contributed by atoms with Gasteiger partial charge < -0.3 is 24.4 Å². The van der Waals surface area contributed by atoms with Gasteiger partial charge in [0.15, 0.2) is 0 Å². The third kappa shape index (κ3) is 7.63. The van der Waals surface area contributed by atoms with Gasteiger partial charge in [-0.2, -0.15) is 0 Å². The molecule has 180 valence electrons. The molecule has 3 rings (SSSR count). The van der Waals surface area contributed by atoms with E-state index in [9.17, 15) is 9.59 Å². The molecule has 1 aliphatic rings. The lowest BCUT2D eigenvalue weighted by atomic mass is 10.0. The molecule has 2 amide bonds. The Kier molecular flexibility index (Phi) is 8.55. The van der Waals surface area contributed by atoms with E-state index in [2.05, 4.69) is 46.1 Å². The van der Waals surface area contributed by atoms with Gasteiger partial charge in [0.2, 0.25) is 0 Å². The molecule has 1 saturated heterocycles. The molecule has 1 aliphatic heterocycles. The number of carbonyl (C=O) groups is 2. The van der Waals surface area contributed by atoms with E-state index in [1.807, 2.05) is 45.2 Å². The van der Waals surface area contributed by atoms with Gasteiger partial charge in [0, 0.05) is 38.4 Å². The summed E-state index contributed by atoms with van der Waals surface area (Å²) in [5.41, 5.74) is 1.48. The van der Waals surface area contributed by atoms with Gasteiger partial charge in [0.05, 0.1) is 0 Å². The number of benzene rings is 1. The van der Waals surface area contributed by atoms with Crippen LogP contribution in [0.15, 0.2) is 48.7 Å². The molecule has 0 bridgehead atoms. The highest BCUT2D eigenvalue weighted by Gasteiger charge is 2.28. The Balaban J connectivity index is 1.42. The van der Waals surface area contributed by atoms with Gasteiger partial charge in [-0.25, -0.2) is 4.79 Å². The van der Waals surface area contributed by atoms with Crippen molar-refractivity contribution in [1.29, 1.82) is 0 Å². The van der Waals surface area contributed by atoms with Crippen LogP contribution in [0.1, 0.15) is 62.1 Å². The second-order valence-electron chi connectivity index (χ2n) is 9.83. The molecule has 2 heterocycles. The van der Waals surface area contributed by atoms with Crippen LogP contribution in [0.2, 0.25) is 0 Å². The van der Waals surface area contributed by atoms with Crippen molar-refractivity contribution in [2.24, 2.45) is 0 Å². The van der Waals surface area contributed by atoms with Crippen molar-refractivity contribution in [2.45, 2.75) is 58.2 Å². The fraction of sp³-hybridized carbons (Fsp3) is 0.538. The van der Waals surface area contributed by atoms with E-state index in [4.69, 9.17) is 4.74 Å². The SMILES string of the molecule is CN(CCCNC(=O)c1cccn1C1CCN(C(=O)OC(C)(C)C)CC1)Cc1ccccc1. The second-order valence-corrected chi connectivity index (χ2v) is 9.83. The van der Waals surface area contributed by atoms with E-state index < -0.39 is 5.60 Å². The average Bonchev–Trinajstić information content (AvgIpc) is 3.26. The fourth-order valence-electron chi connectivity index (χ4n) is 4.17. The average molecular weight is 455 g/mol. The first-order chi connectivity index (χ1) is 15.7. The Labute approximate surface area is 197 Å². The van der Waals surface area contributed by atoms with Crippen molar-refractivity contribution in [2.75, 3.05) is 33.2 Å². The number of hydrogen-bond donors (Lipinski definition) is 1. The van der Waals surface area contributed by atoms with Gasteiger partial charge in [-0.05, 0) is 71.3 Å². The largest absolute Gasteiger partial charge is 0.444 e. The van der Waals surface area contributed by atoms with Crippen LogP contribution in [0.5, 0.6) is 0 Å². The van der Waals surface area contributed by atoms with E-state index in [-0.39, 0.29) is 18.0 Å². The maximum absolute atomic E-state index is 12.8. The molecule has 0 radical (unpaired) electrons. The Hall–Kier alpha value is -2.80. The Morgan fingerprint density at radius 2 is 1.79 bits per heavy atom. The summed E-state index contributed by atoms with van der Waals surface area (Å²) in [6.07, 6.45) is 4.21. The van der Waals surface area contributed by atoms with Crippen molar-refractivity contribution >= 4 is 12.0 Å². The molecule has 0 atom stereocenters. The summed E-state index contributed by atoms with van der Waals surface area (Å²) in [4.78, 5) is 29.1. The van der Waals surface area contributed by atoms with Crippen LogP contribution in [-0.2, 0) is 11.3 Å². The summed E-state index contributed by atoms with van der Waals surface area (Å²) in [6.45, 7) is 9.36. The third-order valence-electron chi connectivity index (χ3n) is 5.82. The minimum atomic E-state index is -0.490. The minimum absolute atomic E-state index is 0.0414. The van der Waals surface area contributed by atoms with Crippen LogP contribution in [0, 0.1) is 0 Å². The predicted molar refractivity (Wildman–Crippen MR) is 130 cm³/mol. The number of carbonyl (C=O) groups excluding carboxylic acids is 2. The van der Waals surface area contributed by atoms with E-state index in [1.54, 1.807) is 4.90 Å². The van der Waals surface area contributed by atoms with Gasteiger partial charge >= 0.3 is 6.09 Å². The summed E-state index contributed by atoms with van der Waals surface area (Å²) >= 11 is 0. The van der Waals surface area contributed by atoms with E-state index in [1.165, 1.54) is 5.56 Å².